The van der Waals surface area contributed by atoms with Gasteiger partial charge < -0.3 is 15.0 Å². The number of carbonyl (C=O) groups excluding carboxylic acids is 1. The lowest BCUT2D eigenvalue weighted by molar-refractivity contribution is -0.115. The van der Waals surface area contributed by atoms with Crippen LogP contribution in [0.25, 0.3) is 0 Å². The predicted molar refractivity (Wildman–Crippen MR) is 124 cm³/mol. The zero-order chi connectivity index (χ0) is 22.5. The zero-order valence-electron chi connectivity index (χ0n) is 17.5. The van der Waals surface area contributed by atoms with Crippen molar-refractivity contribution in [2.45, 2.75) is 23.9 Å². The van der Waals surface area contributed by atoms with Crippen molar-refractivity contribution in [2.75, 3.05) is 36.5 Å². The topological polar surface area (TPSA) is 72.3 Å². The minimum Gasteiger partial charge on any atom is -0.378 e. The molecule has 32 heavy (non-hydrogen) atoms. The molecule has 0 saturated carbocycles. The van der Waals surface area contributed by atoms with Crippen molar-refractivity contribution in [3.05, 3.63) is 64.9 Å². The Morgan fingerprint density at radius 3 is 2.69 bits per heavy atom. The lowest BCUT2D eigenvalue weighted by Gasteiger charge is -2.28. The molecule has 1 aromatic heterocycles. The van der Waals surface area contributed by atoms with Crippen LogP contribution in [-0.4, -0.2) is 52.2 Å². The number of nitrogens with one attached hydrogen (secondary N) is 1. The molecule has 10 heteroatoms. The maximum absolute atomic E-state index is 14.1. The molecule has 1 atom stereocenters. The second kappa shape index (κ2) is 10.3. The van der Waals surface area contributed by atoms with Gasteiger partial charge in [-0.3, -0.25) is 9.36 Å². The highest BCUT2D eigenvalue weighted by molar-refractivity contribution is 8.00. The van der Waals surface area contributed by atoms with Gasteiger partial charge in [-0.05, 0) is 30.7 Å². The first-order valence-electron chi connectivity index (χ1n) is 10.2. The number of thioether (sulfide) groups is 1. The van der Waals surface area contributed by atoms with Crippen molar-refractivity contribution in [1.29, 1.82) is 0 Å². The van der Waals surface area contributed by atoms with Gasteiger partial charge in [-0.2, -0.15) is 0 Å². The molecule has 0 aliphatic carbocycles. The van der Waals surface area contributed by atoms with E-state index in [1.54, 1.807) is 6.92 Å². The minimum absolute atomic E-state index is 0.0895. The van der Waals surface area contributed by atoms with Crippen molar-refractivity contribution < 1.29 is 13.9 Å². The summed E-state index contributed by atoms with van der Waals surface area (Å²) in [5.74, 6) is -0.167. The average molecular weight is 476 g/mol. The highest BCUT2D eigenvalue weighted by Crippen LogP contribution is 2.28. The summed E-state index contributed by atoms with van der Waals surface area (Å²) < 4.78 is 21.5. The van der Waals surface area contributed by atoms with E-state index in [1.807, 2.05) is 34.9 Å². The summed E-state index contributed by atoms with van der Waals surface area (Å²) in [4.78, 5) is 14.9. The molecule has 1 fully saturated rings. The van der Waals surface area contributed by atoms with Gasteiger partial charge >= 0.3 is 0 Å². The van der Waals surface area contributed by atoms with Gasteiger partial charge in [0.05, 0.1) is 30.7 Å². The van der Waals surface area contributed by atoms with Crippen molar-refractivity contribution >= 4 is 40.9 Å². The van der Waals surface area contributed by atoms with Gasteiger partial charge in [-0.15, -0.1) is 10.2 Å². The van der Waals surface area contributed by atoms with E-state index < -0.39 is 11.1 Å². The monoisotopic (exact) mass is 475 g/mol. The van der Waals surface area contributed by atoms with Gasteiger partial charge in [0.1, 0.15) is 5.82 Å². The zero-order valence-corrected chi connectivity index (χ0v) is 19.1. The number of benzene rings is 2. The Morgan fingerprint density at radius 2 is 1.97 bits per heavy atom. The van der Waals surface area contributed by atoms with Gasteiger partial charge in [-0.25, -0.2) is 4.39 Å². The third-order valence-corrected chi connectivity index (χ3v) is 6.33. The molecule has 3 aromatic rings. The first kappa shape index (κ1) is 22.6. The summed E-state index contributed by atoms with van der Waals surface area (Å²) in [6, 6.07) is 14.2. The van der Waals surface area contributed by atoms with E-state index in [4.69, 9.17) is 16.3 Å². The van der Waals surface area contributed by atoms with Crippen LogP contribution in [0.3, 0.4) is 0 Å². The van der Waals surface area contributed by atoms with E-state index in [2.05, 4.69) is 20.4 Å². The smallest absolute Gasteiger partial charge is 0.237 e. The Labute approximate surface area is 194 Å². The summed E-state index contributed by atoms with van der Waals surface area (Å²) in [6.07, 6.45) is 0. The maximum Gasteiger partial charge on any atom is 0.237 e. The molecular formula is C22H23ClFN5O2S. The minimum atomic E-state index is -0.579. The molecular weight excluding hydrogens is 453 g/mol. The SMILES string of the molecule is CC(Sc1nnc(N2CCOCC2)n1Cc1ccccc1)C(=O)Nc1ccc(Cl)cc1F. The molecule has 1 aliphatic rings. The Kier molecular flexibility index (Phi) is 7.29. The van der Waals surface area contributed by atoms with Gasteiger partial charge in [0.2, 0.25) is 11.9 Å². The molecule has 1 amide bonds. The molecule has 4 rings (SSSR count). The standard InChI is InChI=1S/C22H23ClFN5O2S/c1-15(20(30)25-19-8-7-17(23)13-18(19)24)32-22-27-26-21(28-9-11-31-12-10-28)29(22)14-16-5-3-2-4-6-16/h2-8,13,15H,9-12,14H2,1H3,(H,25,30). The Hall–Kier alpha value is -2.62. The summed E-state index contributed by atoms with van der Waals surface area (Å²) in [5, 5.41) is 11.8. The molecule has 2 aromatic carbocycles. The van der Waals surface area contributed by atoms with Crippen LogP contribution in [0.15, 0.2) is 53.7 Å². The number of aromatic nitrogens is 3. The second-order valence-corrected chi connectivity index (χ2v) is 9.07. The van der Waals surface area contributed by atoms with Crippen LogP contribution in [0.2, 0.25) is 5.02 Å². The summed E-state index contributed by atoms with van der Waals surface area (Å²) in [6.45, 7) is 5.04. The largest absolute Gasteiger partial charge is 0.378 e. The van der Waals surface area contributed by atoms with Crippen LogP contribution in [-0.2, 0) is 16.1 Å². The number of anilines is 2. The van der Waals surface area contributed by atoms with Gasteiger partial charge in [0.25, 0.3) is 0 Å². The Morgan fingerprint density at radius 1 is 1.22 bits per heavy atom. The highest BCUT2D eigenvalue weighted by atomic mass is 35.5. The number of carbonyl (C=O) groups is 1. The number of amides is 1. The van der Waals surface area contributed by atoms with E-state index in [9.17, 15) is 9.18 Å². The second-order valence-electron chi connectivity index (χ2n) is 7.33. The first-order chi connectivity index (χ1) is 15.5. The van der Waals surface area contributed by atoms with Gasteiger partial charge in [0, 0.05) is 18.1 Å². The van der Waals surface area contributed by atoms with Gasteiger partial charge in [0.15, 0.2) is 5.16 Å². The van der Waals surface area contributed by atoms with Crippen LogP contribution < -0.4 is 10.2 Å². The lowest BCUT2D eigenvalue weighted by Crippen LogP contribution is -2.38. The van der Waals surface area contributed by atoms with Crippen LogP contribution >= 0.6 is 23.4 Å². The Balaban J connectivity index is 1.53. The van der Waals surface area contributed by atoms with E-state index in [0.29, 0.717) is 24.9 Å². The van der Waals surface area contributed by atoms with Crippen LogP contribution in [0.4, 0.5) is 16.0 Å². The average Bonchev–Trinajstić information content (AvgIpc) is 3.18. The number of rotatable bonds is 7. The summed E-state index contributed by atoms with van der Waals surface area (Å²) in [7, 11) is 0. The molecule has 0 spiro atoms. The first-order valence-corrected chi connectivity index (χ1v) is 11.5. The predicted octanol–water partition coefficient (Wildman–Crippen LogP) is 4.07. The van der Waals surface area contributed by atoms with Crippen LogP contribution in [0.1, 0.15) is 12.5 Å². The molecule has 7 nitrogen and oxygen atoms in total. The number of hydrogen-bond acceptors (Lipinski definition) is 6. The summed E-state index contributed by atoms with van der Waals surface area (Å²) >= 11 is 7.07. The van der Waals surface area contributed by atoms with Gasteiger partial charge in [-0.1, -0.05) is 53.7 Å². The van der Waals surface area contributed by atoms with Crippen molar-refractivity contribution in [3.63, 3.8) is 0 Å². The number of ether oxygens (including phenoxy) is 1. The lowest BCUT2D eigenvalue weighted by atomic mass is 10.2. The van der Waals surface area contributed by atoms with Crippen LogP contribution in [0, 0.1) is 5.82 Å². The molecule has 1 aliphatic heterocycles. The number of nitrogens with zero attached hydrogens (tertiary/aromatic N) is 4. The molecule has 0 radical (unpaired) electrons. The molecule has 1 N–H and O–H groups in total. The molecule has 2 heterocycles. The third kappa shape index (κ3) is 5.40. The van der Waals surface area contributed by atoms with E-state index in [0.717, 1.165) is 24.6 Å². The highest BCUT2D eigenvalue weighted by Gasteiger charge is 2.24. The Bertz CT molecular complexity index is 1080. The molecule has 1 saturated heterocycles. The maximum atomic E-state index is 14.1. The number of morpholine rings is 1. The molecule has 0 bridgehead atoms. The van der Waals surface area contributed by atoms with Crippen LogP contribution in [0.5, 0.6) is 0 Å². The number of halogens is 2. The molecule has 168 valence electrons. The van der Waals surface area contributed by atoms with E-state index >= 15 is 0 Å². The fourth-order valence-corrected chi connectivity index (χ4v) is 4.31. The molecule has 1 unspecified atom stereocenters. The third-order valence-electron chi connectivity index (χ3n) is 5.02. The van der Waals surface area contributed by atoms with E-state index in [1.165, 1.54) is 30.0 Å². The van der Waals surface area contributed by atoms with Crippen molar-refractivity contribution in [3.8, 4) is 0 Å². The van der Waals surface area contributed by atoms with E-state index in [-0.39, 0.29) is 16.6 Å². The fraction of sp³-hybridized carbons (Fsp3) is 0.318. The van der Waals surface area contributed by atoms with Crippen molar-refractivity contribution in [1.82, 2.24) is 14.8 Å². The van der Waals surface area contributed by atoms with Crippen molar-refractivity contribution in [2.24, 2.45) is 0 Å². The summed E-state index contributed by atoms with van der Waals surface area (Å²) in [5.41, 5.74) is 1.19. The number of hydrogen-bond donors (Lipinski definition) is 1. The normalized spacial score (nSPS) is 14.9. The fourth-order valence-electron chi connectivity index (χ4n) is 3.31. The quantitative estimate of drug-likeness (QED) is 0.519.